The number of carbonyl (C=O) groups excluding carboxylic acids is 1. The first-order valence-electron chi connectivity index (χ1n) is 7.94. The van der Waals surface area contributed by atoms with Gasteiger partial charge in [-0.2, -0.15) is 5.10 Å². The third-order valence-electron chi connectivity index (χ3n) is 4.05. The van der Waals surface area contributed by atoms with Gasteiger partial charge in [0, 0.05) is 31.3 Å². The van der Waals surface area contributed by atoms with E-state index in [0.717, 1.165) is 12.1 Å². The Bertz CT molecular complexity index is 950. The molecule has 0 saturated carbocycles. The zero-order chi connectivity index (χ0) is 20.5. The molecule has 150 valence electrons. The summed E-state index contributed by atoms with van der Waals surface area (Å²) in [7, 11) is 0. The first kappa shape index (κ1) is 19.9. The summed E-state index contributed by atoms with van der Waals surface area (Å²) in [6, 6.07) is 2.74. The number of piperazine rings is 1. The molecule has 1 aliphatic rings. The average Bonchev–Trinajstić information content (AvgIpc) is 2.60. The molecular formula is C16H13ClF4N4O3. The van der Waals surface area contributed by atoms with Gasteiger partial charge in [0.2, 0.25) is 5.91 Å². The fraction of sp³-hybridized carbons (Fsp3) is 0.312. The summed E-state index contributed by atoms with van der Waals surface area (Å²) >= 11 is 5.93. The summed E-state index contributed by atoms with van der Waals surface area (Å²) in [5.74, 6) is -2.01. The number of hydrogen-bond donors (Lipinski definition) is 1. The van der Waals surface area contributed by atoms with Crippen molar-refractivity contribution >= 4 is 23.2 Å². The highest BCUT2D eigenvalue weighted by Gasteiger charge is 2.33. The normalized spacial score (nSPS) is 15.1. The number of halogens is 5. The smallest absolute Gasteiger partial charge is 0.405 e. The second kappa shape index (κ2) is 7.66. The van der Waals surface area contributed by atoms with Crippen molar-refractivity contribution in [2.45, 2.75) is 12.9 Å². The van der Waals surface area contributed by atoms with Crippen molar-refractivity contribution in [2.24, 2.45) is 0 Å². The molecule has 0 spiro atoms. The summed E-state index contributed by atoms with van der Waals surface area (Å²) < 4.78 is 54.8. The number of carbonyl (C=O) groups is 1. The number of aromatic amines is 1. The molecule has 1 N–H and O–H groups in total. The van der Waals surface area contributed by atoms with Gasteiger partial charge in [-0.1, -0.05) is 17.7 Å². The van der Waals surface area contributed by atoms with Gasteiger partial charge < -0.3 is 14.5 Å². The summed E-state index contributed by atoms with van der Waals surface area (Å²) in [6.45, 7) is 0.0687. The number of ether oxygens (including phenoxy) is 1. The fourth-order valence-electron chi connectivity index (χ4n) is 2.76. The predicted molar refractivity (Wildman–Crippen MR) is 90.6 cm³/mol. The van der Waals surface area contributed by atoms with Crippen LogP contribution < -0.4 is 15.2 Å². The van der Waals surface area contributed by atoms with Gasteiger partial charge in [0.25, 0.3) is 5.56 Å². The Kier molecular flexibility index (Phi) is 5.45. The van der Waals surface area contributed by atoms with E-state index in [1.807, 2.05) is 0 Å². The maximum absolute atomic E-state index is 13.3. The minimum Gasteiger partial charge on any atom is -0.405 e. The Morgan fingerprint density at radius 2 is 2.00 bits per heavy atom. The number of amides is 1. The van der Waals surface area contributed by atoms with Gasteiger partial charge in [-0.15, -0.1) is 13.2 Å². The largest absolute Gasteiger partial charge is 0.573 e. The van der Waals surface area contributed by atoms with E-state index >= 15 is 0 Å². The lowest BCUT2D eigenvalue weighted by molar-refractivity contribution is -0.275. The van der Waals surface area contributed by atoms with Gasteiger partial charge in [0.15, 0.2) is 0 Å². The second-order valence-electron chi connectivity index (χ2n) is 5.94. The number of benzene rings is 1. The molecule has 2 heterocycles. The van der Waals surface area contributed by atoms with E-state index in [1.165, 1.54) is 11.1 Å². The molecule has 1 aliphatic heterocycles. The van der Waals surface area contributed by atoms with Crippen LogP contribution in [0.25, 0.3) is 0 Å². The summed E-state index contributed by atoms with van der Waals surface area (Å²) in [5, 5.41) is 5.69. The number of nitrogens with one attached hydrogen (secondary N) is 1. The highest BCUT2D eigenvalue weighted by atomic mass is 35.5. The molecule has 12 heteroatoms. The minimum atomic E-state index is -4.99. The van der Waals surface area contributed by atoms with E-state index in [1.54, 1.807) is 4.90 Å². The van der Waals surface area contributed by atoms with E-state index in [-0.39, 0.29) is 42.5 Å². The zero-order valence-electron chi connectivity index (χ0n) is 14.1. The highest BCUT2D eigenvalue weighted by Crippen LogP contribution is 2.29. The van der Waals surface area contributed by atoms with Gasteiger partial charge in [-0.05, 0) is 6.07 Å². The topological polar surface area (TPSA) is 78.5 Å². The third-order valence-corrected chi connectivity index (χ3v) is 4.42. The van der Waals surface area contributed by atoms with E-state index in [0.29, 0.717) is 6.07 Å². The summed E-state index contributed by atoms with van der Waals surface area (Å²) in [6.07, 6.45) is -3.68. The second-order valence-corrected chi connectivity index (χ2v) is 6.31. The van der Waals surface area contributed by atoms with Crippen LogP contribution in [-0.4, -0.2) is 47.0 Å². The van der Waals surface area contributed by atoms with Crippen molar-refractivity contribution in [2.75, 3.05) is 24.5 Å². The van der Waals surface area contributed by atoms with Crippen LogP contribution in [0.5, 0.6) is 5.75 Å². The Balaban J connectivity index is 1.75. The van der Waals surface area contributed by atoms with E-state index in [2.05, 4.69) is 14.9 Å². The Morgan fingerprint density at radius 3 is 2.68 bits per heavy atom. The lowest BCUT2D eigenvalue weighted by Crippen LogP contribution is -2.50. The monoisotopic (exact) mass is 420 g/mol. The van der Waals surface area contributed by atoms with Crippen LogP contribution in [0.3, 0.4) is 0 Å². The van der Waals surface area contributed by atoms with Crippen molar-refractivity contribution < 1.29 is 27.1 Å². The quantitative estimate of drug-likeness (QED) is 0.768. The van der Waals surface area contributed by atoms with E-state index < -0.39 is 29.4 Å². The van der Waals surface area contributed by atoms with Crippen LogP contribution in [0.2, 0.25) is 5.02 Å². The van der Waals surface area contributed by atoms with E-state index in [9.17, 15) is 27.2 Å². The van der Waals surface area contributed by atoms with Crippen LogP contribution >= 0.6 is 11.6 Å². The molecule has 1 saturated heterocycles. The van der Waals surface area contributed by atoms with Gasteiger partial charge in [-0.3, -0.25) is 9.59 Å². The maximum Gasteiger partial charge on any atom is 0.573 e. The number of rotatable bonds is 4. The molecule has 1 aromatic heterocycles. The summed E-state index contributed by atoms with van der Waals surface area (Å²) in [4.78, 5) is 26.8. The van der Waals surface area contributed by atoms with Crippen LogP contribution in [0.4, 0.5) is 23.2 Å². The van der Waals surface area contributed by atoms with Crippen LogP contribution in [0.15, 0.2) is 29.2 Å². The fourth-order valence-corrected chi connectivity index (χ4v) is 2.97. The molecule has 0 aliphatic carbocycles. The molecule has 0 atom stereocenters. The number of nitrogens with zero attached hydrogens (tertiary/aromatic N) is 3. The zero-order valence-corrected chi connectivity index (χ0v) is 14.8. The first-order chi connectivity index (χ1) is 13.1. The molecule has 0 unspecified atom stereocenters. The highest BCUT2D eigenvalue weighted by molar-refractivity contribution is 6.33. The van der Waals surface area contributed by atoms with Gasteiger partial charge >= 0.3 is 6.36 Å². The number of anilines is 1. The molecule has 1 amide bonds. The number of alkyl halides is 3. The molecule has 28 heavy (non-hydrogen) atoms. The number of H-pyrrole nitrogens is 1. The molecule has 1 fully saturated rings. The van der Waals surface area contributed by atoms with Gasteiger partial charge in [0.1, 0.15) is 16.6 Å². The van der Waals surface area contributed by atoms with Crippen LogP contribution in [-0.2, 0) is 11.3 Å². The Morgan fingerprint density at radius 1 is 1.25 bits per heavy atom. The molecular weight excluding hydrogens is 408 g/mol. The maximum atomic E-state index is 13.3. The summed E-state index contributed by atoms with van der Waals surface area (Å²) in [5.41, 5.74) is -0.313. The van der Waals surface area contributed by atoms with Crippen molar-refractivity contribution in [1.29, 1.82) is 0 Å². The van der Waals surface area contributed by atoms with Crippen molar-refractivity contribution in [3.8, 4) is 5.75 Å². The van der Waals surface area contributed by atoms with Crippen molar-refractivity contribution in [3.63, 3.8) is 0 Å². The number of aromatic nitrogens is 2. The lowest BCUT2D eigenvalue weighted by Gasteiger charge is -2.35. The van der Waals surface area contributed by atoms with Crippen LogP contribution in [0.1, 0.15) is 5.56 Å². The predicted octanol–water partition coefficient (Wildman–Crippen LogP) is 2.31. The minimum absolute atomic E-state index is 0.0105. The average molecular weight is 421 g/mol. The lowest BCUT2D eigenvalue weighted by atomic mass is 10.1. The molecule has 0 radical (unpaired) electrons. The van der Waals surface area contributed by atoms with Crippen LogP contribution in [0, 0.1) is 5.82 Å². The molecule has 7 nitrogen and oxygen atoms in total. The Labute approximate surface area is 160 Å². The number of hydrogen-bond acceptors (Lipinski definition) is 5. The van der Waals surface area contributed by atoms with Crippen molar-refractivity contribution in [3.05, 3.63) is 51.2 Å². The first-order valence-corrected chi connectivity index (χ1v) is 8.32. The van der Waals surface area contributed by atoms with Gasteiger partial charge in [-0.25, -0.2) is 9.49 Å². The molecule has 0 bridgehead atoms. The van der Waals surface area contributed by atoms with E-state index in [4.69, 9.17) is 11.6 Å². The molecule has 3 rings (SSSR count). The molecule has 2 aromatic rings. The van der Waals surface area contributed by atoms with Crippen molar-refractivity contribution in [1.82, 2.24) is 15.1 Å². The Hall–Kier alpha value is -2.82. The standard InChI is InChI=1S/C16H13ClF4N4O3/c17-14-11(6-22-23-15(14)27)24-3-4-25(13(26)8-24)7-9-1-2-10(18)5-12(9)28-16(19,20)21/h1-2,5-6H,3-4,7-8H2,(H,23,27). The van der Waals surface area contributed by atoms with Gasteiger partial charge in [0.05, 0.1) is 18.4 Å². The SMILES string of the molecule is O=C1CN(c2cn[nH]c(=O)c2Cl)CCN1Cc1ccc(F)cc1OC(F)(F)F. The molecule has 1 aromatic carbocycles. The third kappa shape index (κ3) is 4.53.